The van der Waals surface area contributed by atoms with Crippen LogP contribution in [0.15, 0.2) is 0 Å². The summed E-state index contributed by atoms with van der Waals surface area (Å²) in [5, 5.41) is 0. The quantitative estimate of drug-likeness (QED) is 0.369. The van der Waals surface area contributed by atoms with Crippen molar-refractivity contribution in [3.05, 3.63) is 0 Å². The fraction of sp³-hybridized carbons (Fsp3) is 0. The number of hydrogen-bond acceptors (Lipinski definition) is 2. The Morgan fingerprint density at radius 3 is 1.14 bits per heavy atom. The van der Waals surface area contributed by atoms with Gasteiger partial charge >= 0.3 is 10.4 Å². The van der Waals surface area contributed by atoms with Crippen LogP contribution in [0.1, 0.15) is 0 Å². The Bertz CT molecular complexity index is 94.9. The van der Waals surface area contributed by atoms with Crippen LogP contribution in [0.25, 0.3) is 0 Å². The molecule has 1 radical (unpaired) electrons. The molecular weight excluding hydrogens is 212 g/mol. The van der Waals surface area contributed by atoms with Crippen LogP contribution >= 0.6 is 0 Å². The molecule has 0 aromatic carbocycles. The summed E-state index contributed by atoms with van der Waals surface area (Å²) in [6.07, 6.45) is 0. The first-order valence-corrected chi connectivity index (χ1v) is 2.10. The molecule has 7 heavy (non-hydrogen) atoms. The molecule has 7 heteroatoms. The zero-order chi connectivity index (χ0) is 4.50. The Balaban J connectivity index is -0.0000000800. The van der Waals surface area contributed by atoms with Crippen molar-refractivity contribution in [2.75, 3.05) is 0 Å². The summed E-state index contributed by atoms with van der Waals surface area (Å²) in [5.41, 5.74) is 0. The summed E-state index contributed by atoms with van der Waals surface area (Å²) in [7, 11) is -4.67. The minimum absolute atomic E-state index is 0. The molecule has 0 spiro atoms. The summed E-state index contributed by atoms with van der Waals surface area (Å²) in [5.74, 6) is 0. The van der Waals surface area contributed by atoms with E-state index in [0.29, 0.717) is 0 Å². The maximum atomic E-state index is 8.74. The molecule has 4 nitrogen and oxygen atoms in total. The van der Waals surface area contributed by atoms with Crippen LogP contribution in [0.2, 0.25) is 0 Å². The molecule has 0 atom stereocenters. The standard InChI is InChI=1S/Al.H2O4S.Y.3H/c;1-5(2,3)4;;;;/h;(H2,1,2,3,4);;;;. The molecule has 0 rings (SSSR count). The van der Waals surface area contributed by atoms with Crippen LogP contribution < -0.4 is 0 Å². The summed E-state index contributed by atoms with van der Waals surface area (Å²) >= 11 is 0. The third kappa shape index (κ3) is 100. The van der Waals surface area contributed by atoms with Gasteiger partial charge in [-0.1, -0.05) is 0 Å². The van der Waals surface area contributed by atoms with E-state index in [9.17, 15) is 0 Å². The number of hydrogen-bond donors (Lipinski definition) is 2. The van der Waals surface area contributed by atoms with Gasteiger partial charge in [0.25, 0.3) is 0 Å². The van der Waals surface area contributed by atoms with E-state index in [1.54, 1.807) is 0 Å². The largest absolute Gasteiger partial charge is 0.394 e. The zero-order valence-corrected chi connectivity index (χ0v) is 6.35. The van der Waals surface area contributed by atoms with E-state index in [1.165, 1.54) is 0 Å². The topological polar surface area (TPSA) is 74.6 Å². The maximum absolute atomic E-state index is 8.74. The van der Waals surface area contributed by atoms with E-state index < -0.39 is 10.4 Å². The summed E-state index contributed by atoms with van der Waals surface area (Å²) < 4.78 is 31.6. The average molecular weight is 217 g/mol. The Kier molecular flexibility index (Phi) is 12.7. The van der Waals surface area contributed by atoms with Crippen LogP contribution in [0.5, 0.6) is 0 Å². The second-order valence-electron chi connectivity index (χ2n) is 0.448. The van der Waals surface area contributed by atoms with Crippen LogP contribution in [0.3, 0.4) is 0 Å². The fourth-order valence-corrected chi connectivity index (χ4v) is 0. The summed E-state index contributed by atoms with van der Waals surface area (Å²) in [6.45, 7) is 0. The van der Waals surface area contributed by atoms with Gasteiger partial charge in [0, 0.05) is 32.7 Å². The van der Waals surface area contributed by atoms with Gasteiger partial charge in [0.2, 0.25) is 0 Å². The average Bonchev–Trinajstić information content (AvgIpc) is 0.722. The van der Waals surface area contributed by atoms with Crippen LogP contribution in [0.4, 0.5) is 0 Å². The van der Waals surface area contributed by atoms with Gasteiger partial charge < -0.3 is 0 Å². The molecule has 41 valence electrons. The van der Waals surface area contributed by atoms with E-state index in [2.05, 4.69) is 0 Å². The van der Waals surface area contributed by atoms with E-state index in [-0.39, 0.29) is 50.1 Å². The van der Waals surface area contributed by atoms with Crippen molar-refractivity contribution in [2.45, 2.75) is 0 Å². The van der Waals surface area contributed by atoms with Crippen LogP contribution in [0, 0.1) is 0 Å². The first kappa shape index (κ1) is 15.8. The Hall–Kier alpha value is 1.51. The second kappa shape index (κ2) is 5.64. The Labute approximate surface area is 77.3 Å². The van der Waals surface area contributed by atoms with Crippen molar-refractivity contribution in [3.8, 4) is 0 Å². The van der Waals surface area contributed by atoms with Gasteiger partial charge in [0.05, 0.1) is 0 Å². The van der Waals surface area contributed by atoms with Crippen molar-refractivity contribution in [1.82, 2.24) is 0 Å². The van der Waals surface area contributed by atoms with Gasteiger partial charge in [0.15, 0.2) is 17.4 Å². The zero-order valence-electron chi connectivity index (χ0n) is 2.70. The normalized spacial score (nSPS) is 8.29. The Morgan fingerprint density at radius 2 is 1.14 bits per heavy atom. The minimum atomic E-state index is -4.67. The van der Waals surface area contributed by atoms with Crippen LogP contribution in [-0.2, 0) is 43.1 Å². The van der Waals surface area contributed by atoms with Crippen molar-refractivity contribution in [3.63, 3.8) is 0 Å². The molecule has 0 aliphatic rings. The van der Waals surface area contributed by atoms with Gasteiger partial charge in [-0.05, 0) is 0 Å². The molecule has 0 fully saturated rings. The third-order valence-corrected chi connectivity index (χ3v) is 0. The molecule has 0 heterocycles. The molecule has 0 aromatic rings. The SMILES string of the molecule is O=S(=O)(O)O.[AlH3].[Y]. The predicted octanol–water partition coefficient (Wildman–Crippen LogP) is -1.84. The minimum Gasteiger partial charge on any atom is -0.264 e. The van der Waals surface area contributed by atoms with Crippen molar-refractivity contribution >= 4 is 27.8 Å². The van der Waals surface area contributed by atoms with Crippen LogP contribution in [-0.4, -0.2) is 34.9 Å². The van der Waals surface area contributed by atoms with Crippen molar-refractivity contribution in [1.29, 1.82) is 0 Å². The number of rotatable bonds is 0. The molecule has 0 aliphatic heterocycles. The maximum Gasteiger partial charge on any atom is 0.394 e. The monoisotopic (exact) mass is 217 g/mol. The van der Waals surface area contributed by atoms with Gasteiger partial charge in [-0.25, -0.2) is 0 Å². The van der Waals surface area contributed by atoms with Crippen molar-refractivity contribution in [2.24, 2.45) is 0 Å². The van der Waals surface area contributed by atoms with Gasteiger partial charge in [-0.3, -0.25) is 9.11 Å². The first-order valence-electron chi connectivity index (χ1n) is 0.698. The van der Waals surface area contributed by atoms with Gasteiger partial charge in [-0.15, -0.1) is 0 Å². The molecule has 0 amide bonds. The summed E-state index contributed by atoms with van der Waals surface area (Å²) in [6, 6.07) is 0. The van der Waals surface area contributed by atoms with E-state index in [1.807, 2.05) is 0 Å². The third-order valence-electron chi connectivity index (χ3n) is 0. The Morgan fingerprint density at radius 1 is 1.14 bits per heavy atom. The molecule has 0 bridgehead atoms. The molecular formula is H5AlO4SY. The van der Waals surface area contributed by atoms with Gasteiger partial charge in [0.1, 0.15) is 0 Å². The summed E-state index contributed by atoms with van der Waals surface area (Å²) in [4.78, 5) is 0. The van der Waals surface area contributed by atoms with E-state index >= 15 is 0 Å². The first-order chi connectivity index (χ1) is 2.00. The molecule has 0 aromatic heterocycles. The van der Waals surface area contributed by atoms with E-state index in [4.69, 9.17) is 17.5 Å². The van der Waals surface area contributed by atoms with Gasteiger partial charge in [-0.2, -0.15) is 8.42 Å². The van der Waals surface area contributed by atoms with E-state index in [0.717, 1.165) is 0 Å². The predicted molar refractivity (Wildman–Crippen MR) is 24.1 cm³/mol. The molecule has 0 unspecified atom stereocenters. The smallest absolute Gasteiger partial charge is 0.264 e. The van der Waals surface area contributed by atoms with Crippen molar-refractivity contribution < 1.29 is 50.2 Å². The fourth-order valence-electron chi connectivity index (χ4n) is 0. The molecule has 0 saturated heterocycles. The molecule has 2 N–H and O–H groups in total. The molecule has 0 saturated carbocycles. The molecule has 0 aliphatic carbocycles. The second-order valence-corrected chi connectivity index (χ2v) is 1.34.